The maximum atomic E-state index is 5.80. The maximum absolute atomic E-state index is 5.80. The summed E-state index contributed by atoms with van der Waals surface area (Å²) in [4.78, 5) is 4.58. The molecule has 0 spiro atoms. The van der Waals surface area contributed by atoms with E-state index in [-0.39, 0.29) is 0 Å². The van der Waals surface area contributed by atoms with Gasteiger partial charge in [-0.25, -0.2) is 4.98 Å². The van der Waals surface area contributed by atoms with Crippen LogP contribution in [-0.4, -0.2) is 19.7 Å². The molecule has 1 aromatic carbocycles. The molecule has 0 fully saturated rings. The van der Waals surface area contributed by atoms with Gasteiger partial charge in [0.05, 0.1) is 5.69 Å². The van der Waals surface area contributed by atoms with Crippen LogP contribution in [0.4, 0.5) is 5.95 Å². The Labute approximate surface area is 138 Å². The number of aromatic nitrogens is 4. The second kappa shape index (κ2) is 6.70. The lowest BCUT2D eigenvalue weighted by Crippen LogP contribution is -2.03. The number of nitrogens with two attached hydrogens (primary N) is 1. The molecule has 0 atom stereocenters. The number of nitrogen functional groups attached to an aromatic ring is 1. The van der Waals surface area contributed by atoms with E-state index in [2.05, 4.69) is 21.8 Å². The van der Waals surface area contributed by atoms with Gasteiger partial charge in [-0.2, -0.15) is 0 Å². The van der Waals surface area contributed by atoms with Crippen molar-refractivity contribution in [2.45, 2.75) is 24.4 Å². The highest BCUT2D eigenvalue weighted by Gasteiger charge is 2.14. The number of hydrogen-bond donors (Lipinski definition) is 1. The van der Waals surface area contributed by atoms with Gasteiger partial charge in [-0.1, -0.05) is 36.0 Å². The summed E-state index contributed by atoms with van der Waals surface area (Å²) in [5.41, 5.74) is 7.65. The molecule has 0 saturated carbocycles. The Morgan fingerprint density at radius 2 is 2.09 bits per heavy atom. The Morgan fingerprint density at radius 3 is 2.83 bits per heavy atom. The molecular weight excluding hydrogens is 310 g/mol. The van der Waals surface area contributed by atoms with Crippen molar-refractivity contribution in [3.05, 3.63) is 54.4 Å². The predicted octanol–water partition coefficient (Wildman–Crippen LogP) is 3.30. The van der Waals surface area contributed by atoms with Crippen molar-refractivity contribution < 1.29 is 4.42 Å². The van der Waals surface area contributed by atoms with Crippen molar-refractivity contribution in [2.75, 3.05) is 5.73 Å². The zero-order valence-electron chi connectivity index (χ0n) is 12.8. The summed E-state index contributed by atoms with van der Waals surface area (Å²) in [5, 5.41) is 8.73. The SMILES string of the molecule is C=CCn1c(N)nnc1SCc1nc(-c2ccccc2)oc1C. The second-order valence-corrected chi connectivity index (χ2v) is 5.86. The highest BCUT2D eigenvalue weighted by atomic mass is 32.2. The lowest BCUT2D eigenvalue weighted by atomic mass is 10.2. The number of benzene rings is 1. The van der Waals surface area contributed by atoms with Crippen LogP contribution in [0.15, 0.2) is 52.6 Å². The van der Waals surface area contributed by atoms with Gasteiger partial charge in [0.1, 0.15) is 5.76 Å². The summed E-state index contributed by atoms with van der Waals surface area (Å²) in [6.45, 7) is 6.21. The van der Waals surface area contributed by atoms with E-state index in [4.69, 9.17) is 10.2 Å². The standard InChI is InChI=1S/C16H17N5OS/c1-3-9-21-15(17)19-20-16(21)23-10-13-11(2)22-14(18-13)12-7-5-4-6-8-12/h3-8H,1,9-10H2,2H3,(H2,17,19). The molecule has 0 bridgehead atoms. The molecule has 0 unspecified atom stereocenters. The molecule has 6 nitrogen and oxygen atoms in total. The fourth-order valence-electron chi connectivity index (χ4n) is 2.11. The van der Waals surface area contributed by atoms with Gasteiger partial charge in [0.25, 0.3) is 0 Å². The molecule has 23 heavy (non-hydrogen) atoms. The molecule has 0 aliphatic heterocycles. The smallest absolute Gasteiger partial charge is 0.226 e. The number of allylic oxidation sites excluding steroid dienone is 1. The number of anilines is 1. The molecule has 2 heterocycles. The monoisotopic (exact) mass is 327 g/mol. The summed E-state index contributed by atoms with van der Waals surface area (Å²) in [7, 11) is 0. The lowest BCUT2D eigenvalue weighted by Gasteiger charge is -2.03. The van der Waals surface area contributed by atoms with Crippen LogP contribution in [0.1, 0.15) is 11.5 Å². The first-order valence-electron chi connectivity index (χ1n) is 7.13. The third kappa shape index (κ3) is 3.29. The van der Waals surface area contributed by atoms with Crippen LogP contribution in [0.5, 0.6) is 0 Å². The van der Waals surface area contributed by atoms with Gasteiger partial charge >= 0.3 is 0 Å². The van der Waals surface area contributed by atoms with Crippen LogP contribution in [0, 0.1) is 6.92 Å². The van der Waals surface area contributed by atoms with Crippen LogP contribution < -0.4 is 5.73 Å². The molecule has 2 N–H and O–H groups in total. The van der Waals surface area contributed by atoms with Crippen molar-refractivity contribution in [1.82, 2.24) is 19.7 Å². The van der Waals surface area contributed by atoms with Crippen LogP contribution in [-0.2, 0) is 12.3 Å². The van der Waals surface area contributed by atoms with Crippen molar-refractivity contribution in [2.24, 2.45) is 0 Å². The highest BCUT2D eigenvalue weighted by Crippen LogP contribution is 2.27. The van der Waals surface area contributed by atoms with Gasteiger partial charge in [0.15, 0.2) is 5.16 Å². The molecule has 118 valence electrons. The minimum absolute atomic E-state index is 0.384. The molecule has 0 radical (unpaired) electrons. The Kier molecular flexibility index (Phi) is 4.47. The van der Waals surface area contributed by atoms with Crippen molar-refractivity contribution in [1.29, 1.82) is 0 Å². The number of nitrogens with zero attached hydrogens (tertiary/aromatic N) is 4. The summed E-state index contributed by atoms with van der Waals surface area (Å²) >= 11 is 1.52. The van der Waals surface area contributed by atoms with Gasteiger partial charge < -0.3 is 10.2 Å². The Morgan fingerprint density at radius 1 is 1.30 bits per heavy atom. The van der Waals surface area contributed by atoms with Gasteiger partial charge in [0.2, 0.25) is 11.8 Å². The molecule has 7 heteroatoms. The molecule has 0 amide bonds. The Bertz CT molecular complexity index is 809. The topological polar surface area (TPSA) is 82.8 Å². The number of rotatable bonds is 6. The van der Waals surface area contributed by atoms with Crippen LogP contribution >= 0.6 is 11.8 Å². The van der Waals surface area contributed by atoms with Gasteiger partial charge in [0, 0.05) is 17.9 Å². The quantitative estimate of drug-likeness (QED) is 0.552. The van der Waals surface area contributed by atoms with Gasteiger partial charge in [-0.3, -0.25) is 4.57 Å². The predicted molar refractivity (Wildman–Crippen MR) is 90.9 cm³/mol. The zero-order valence-corrected chi connectivity index (χ0v) is 13.6. The van der Waals surface area contributed by atoms with E-state index in [1.54, 1.807) is 6.08 Å². The van der Waals surface area contributed by atoms with Crippen LogP contribution in [0.2, 0.25) is 0 Å². The molecule has 0 aliphatic rings. The first-order chi connectivity index (χ1) is 11.2. The fraction of sp³-hybridized carbons (Fsp3) is 0.188. The molecule has 2 aromatic heterocycles. The minimum Gasteiger partial charge on any atom is -0.441 e. The third-order valence-corrected chi connectivity index (χ3v) is 4.29. The maximum Gasteiger partial charge on any atom is 0.226 e. The number of hydrogen-bond acceptors (Lipinski definition) is 6. The first kappa shape index (κ1) is 15.4. The summed E-state index contributed by atoms with van der Waals surface area (Å²) in [6, 6.07) is 9.84. The average molecular weight is 327 g/mol. The van der Waals surface area contributed by atoms with E-state index >= 15 is 0 Å². The van der Waals surface area contributed by atoms with Crippen LogP contribution in [0.3, 0.4) is 0 Å². The molecular formula is C16H17N5OS. The summed E-state index contributed by atoms with van der Waals surface area (Å²) in [6.07, 6.45) is 1.76. The van der Waals surface area contributed by atoms with E-state index < -0.39 is 0 Å². The number of thioether (sulfide) groups is 1. The number of oxazole rings is 1. The Balaban J connectivity index is 1.77. The largest absolute Gasteiger partial charge is 0.441 e. The average Bonchev–Trinajstić information content (AvgIpc) is 3.11. The highest BCUT2D eigenvalue weighted by molar-refractivity contribution is 7.98. The first-order valence-corrected chi connectivity index (χ1v) is 8.11. The zero-order chi connectivity index (χ0) is 16.2. The van der Waals surface area contributed by atoms with Crippen LogP contribution in [0.25, 0.3) is 11.5 Å². The Hall–Kier alpha value is -2.54. The van der Waals surface area contributed by atoms with E-state index in [0.29, 0.717) is 24.1 Å². The number of aryl methyl sites for hydroxylation is 1. The van der Waals surface area contributed by atoms with Crippen molar-refractivity contribution in [3.63, 3.8) is 0 Å². The normalized spacial score (nSPS) is 10.8. The fourth-order valence-corrected chi connectivity index (χ4v) is 3.06. The molecule has 3 aromatic rings. The van der Waals surface area contributed by atoms with E-state index in [1.807, 2.05) is 41.8 Å². The van der Waals surface area contributed by atoms with E-state index in [1.165, 1.54) is 11.8 Å². The van der Waals surface area contributed by atoms with E-state index in [9.17, 15) is 0 Å². The van der Waals surface area contributed by atoms with Gasteiger partial charge in [-0.15, -0.1) is 16.8 Å². The summed E-state index contributed by atoms with van der Waals surface area (Å²) in [5.74, 6) is 2.45. The summed E-state index contributed by atoms with van der Waals surface area (Å²) < 4.78 is 7.57. The third-order valence-electron chi connectivity index (χ3n) is 3.31. The molecule has 0 saturated heterocycles. The minimum atomic E-state index is 0.384. The van der Waals surface area contributed by atoms with Gasteiger partial charge in [-0.05, 0) is 19.1 Å². The van der Waals surface area contributed by atoms with Crippen molar-refractivity contribution in [3.8, 4) is 11.5 Å². The second-order valence-electron chi connectivity index (χ2n) is 4.92. The lowest BCUT2D eigenvalue weighted by molar-refractivity contribution is 0.540. The molecule has 3 rings (SSSR count). The molecule has 0 aliphatic carbocycles. The van der Waals surface area contributed by atoms with Crippen molar-refractivity contribution >= 4 is 17.7 Å². The van der Waals surface area contributed by atoms with E-state index in [0.717, 1.165) is 22.2 Å².